The Morgan fingerprint density at radius 2 is 2.03 bits per heavy atom. The van der Waals surface area contributed by atoms with E-state index in [-0.39, 0.29) is 6.61 Å². The summed E-state index contributed by atoms with van der Waals surface area (Å²) in [6.07, 6.45) is 2.84. The van der Waals surface area contributed by atoms with E-state index in [0.29, 0.717) is 5.75 Å². The first-order valence-corrected chi connectivity index (χ1v) is 11.1. The number of esters is 1. The summed E-state index contributed by atoms with van der Waals surface area (Å²) < 4.78 is 16.6. The predicted molar refractivity (Wildman–Crippen MR) is 120 cm³/mol. The molecule has 0 saturated heterocycles. The van der Waals surface area contributed by atoms with Crippen LogP contribution in [0.3, 0.4) is 0 Å². The van der Waals surface area contributed by atoms with Crippen molar-refractivity contribution < 1.29 is 19.0 Å². The maximum absolute atomic E-state index is 11.3. The summed E-state index contributed by atoms with van der Waals surface area (Å²) in [5.41, 5.74) is 0.950. The van der Waals surface area contributed by atoms with Crippen molar-refractivity contribution in [2.45, 2.75) is 25.2 Å². The summed E-state index contributed by atoms with van der Waals surface area (Å²) in [5.74, 6) is 2.88. The first-order valence-electron chi connectivity index (χ1n) is 9.36. The molecule has 1 aromatic carbocycles. The largest absolute Gasteiger partial charge is 0.495 e. The molecule has 29 heavy (non-hydrogen) atoms. The molecule has 0 aliphatic carbocycles. The fraction of sp³-hybridized carbons (Fsp3) is 0.429. The molecule has 0 unspecified atom stereocenters. The van der Waals surface area contributed by atoms with Crippen LogP contribution in [0.4, 0.5) is 5.82 Å². The van der Waals surface area contributed by atoms with Crippen LogP contribution >= 0.6 is 27.7 Å². The van der Waals surface area contributed by atoms with Gasteiger partial charge in [0.25, 0.3) is 0 Å². The van der Waals surface area contributed by atoms with Gasteiger partial charge >= 0.3 is 5.97 Å². The van der Waals surface area contributed by atoms with Gasteiger partial charge in [-0.3, -0.25) is 0 Å². The number of ether oxygens (including phenoxy) is 3. The third-order valence-corrected chi connectivity index (χ3v) is 5.87. The van der Waals surface area contributed by atoms with Crippen LogP contribution in [0.2, 0.25) is 0 Å². The van der Waals surface area contributed by atoms with Crippen molar-refractivity contribution in [2.24, 2.45) is 0 Å². The molecule has 0 aliphatic rings. The van der Waals surface area contributed by atoms with E-state index in [1.165, 1.54) is 7.11 Å². The molecule has 0 fully saturated rings. The van der Waals surface area contributed by atoms with Crippen LogP contribution < -0.4 is 14.4 Å². The molecule has 0 radical (unpaired) electrons. The van der Waals surface area contributed by atoms with Gasteiger partial charge in [0.05, 0.1) is 14.2 Å². The number of carbonyl (C=O) groups is 1. The van der Waals surface area contributed by atoms with Gasteiger partial charge < -0.3 is 19.1 Å². The van der Waals surface area contributed by atoms with E-state index in [1.807, 2.05) is 37.4 Å². The summed E-state index contributed by atoms with van der Waals surface area (Å²) in [4.78, 5) is 19.1. The third kappa shape index (κ3) is 7.12. The van der Waals surface area contributed by atoms with E-state index < -0.39 is 5.97 Å². The first-order chi connectivity index (χ1) is 14.0. The fourth-order valence-electron chi connectivity index (χ4n) is 2.69. The number of anilines is 1. The van der Waals surface area contributed by atoms with Crippen molar-refractivity contribution in [2.75, 3.05) is 44.6 Å². The van der Waals surface area contributed by atoms with E-state index in [0.717, 1.165) is 51.8 Å². The number of hydrogen-bond acceptors (Lipinski definition) is 7. The first kappa shape index (κ1) is 23.3. The molecule has 2 rings (SSSR count). The van der Waals surface area contributed by atoms with Crippen LogP contribution in [0, 0.1) is 6.92 Å². The smallest absolute Gasteiger partial charge is 0.343 e. The molecule has 1 aromatic heterocycles. The maximum atomic E-state index is 11.3. The maximum Gasteiger partial charge on any atom is 0.343 e. The topological polar surface area (TPSA) is 60.9 Å². The molecule has 8 heteroatoms. The molecule has 0 bridgehead atoms. The van der Waals surface area contributed by atoms with E-state index in [4.69, 9.17) is 9.47 Å². The fourth-order valence-corrected chi connectivity index (χ4v) is 3.97. The highest BCUT2D eigenvalue weighted by atomic mass is 79.9. The normalized spacial score (nSPS) is 10.5. The second-order valence-electron chi connectivity index (χ2n) is 6.25. The molecular formula is C21H27BrN2O4S. The molecule has 6 nitrogen and oxygen atoms in total. The van der Waals surface area contributed by atoms with Gasteiger partial charge in [0, 0.05) is 34.7 Å². The Kier molecular flexibility index (Phi) is 9.60. The SMILES string of the molecule is CCN(CCCSc1cc(C)c(OCC(=O)OC)cc1OC)c1ccc(Br)cn1. The minimum atomic E-state index is -0.414. The minimum Gasteiger partial charge on any atom is -0.495 e. The molecule has 0 spiro atoms. The van der Waals surface area contributed by atoms with E-state index in [1.54, 1.807) is 18.9 Å². The van der Waals surface area contributed by atoms with Crippen molar-refractivity contribution in [3.05, 3.63) is 40.5 Å². The van der Waals surface area contributed by atoms with E-state index in [2.05, 4.69) is 37.5 Å². The van der Waals surface area contributed by atoms with Crippen LogP contribution in [0.1, 0.15) is 18.9 Å². The number of pyridine rings is 1. The van der Waals surface area contributed by atoms with Crippen molar-refractivity contribution in [1.82, 2.24) is 4.98 Å². The Morgan fingerprint density at radius 3 is 2.66 bits per heavy atom. The van der Waals surface area contributed by atoms with Crippen LogP contribution in [0.15, 0.2) is 39.8 Å². The summed E-state index contributed by atoms with van der Waals surface area (Å²) in [7, 11) is 2.97. The van der Waals surface area contributed by atoms with Gasteiger partial charge in [-0.25, -0.2) is 9.78 Å². The van der Waals surface area contributed by atoms with Gasteiger partial charge in [-0.2, -0.15) is 0 Å². The lowest BCUT2D eigenvalue weighted by Gasteiger charge is -2.22. The summed E-state index contributed by atoms with van der Waals surface area (Å²) in [6, 6.07) is 7.89. The lowest BCUT2D eigenvalue weighted by molar-refractivity contribution is -0.142. The predicted octanol–water partition coefficient (Wildman–Crippen LogP) is 4.72. The second kappa shape index (κ2) is 11.9. The van der Waals surface area contributed by atoms with Gasteiger partial charge in [0.15, 0.2) is 6.61 Å². The lowest BCUT2D eigenvalue weighted by atomic mass is 10.2. The summed E-state index contributed by atoms with van der Waals surface area (Å²) in [5, 5.41) is 0. The number of nitrogens with zero attached hydrogens (tertiary/aromatic N) is 2. The van der Waals surface area contributed by atoms with Gasteiger partial charge in [-0.05, 0) is 65.7 Å². The molecule has 0 atom stereocenters. The number of aryl methyl sites for hydroxylation is 1. The van der Waals surface area contributed by atoms with Gasteiger partial charge in [-0.1, -0.05) is 0 Å². The Morgan fingerprint density at radius 1 is 1.24 bits per heavy atom. The molecule has 0 amide bonds. The number of carbonyl (C=O) groups excluding carboxylic acids is 1. The summed E-state index contributed by atoms with van der Waals surface area (Å²) >= 11 is 5.17. The Labute approximate surface area is 185 Å². The van der Waals surface area contributed by atoms with Crippen LogP contribution in [-0.4, -0.2) is 50.6 Å². The zero-order valence-electron chi connectivity index (χ0n) is 17.2. The summed E-state index contributed by atoms with van der Waals surface area (Å²) in [6.45, 7) is 5.81. The Balaban J connectivity index is 1.92. The molecule has 158 valence electrons. The Hall–Kier alpha value is -1.93. The highest BCUT2D eigenvalue weighted by Crippen LogP contribution is 2.35. The number of benzene rings is 1. The molecule has 0 aliphatic heterocycles. The lowest BCUT2D eigenvalue weighted by Crippen LogP contribution is -2.25. The van der Waals surface area contributed by atoms with Gasteiger partial charge in [-0.15, -0.1) is 11.8 Å². The van der Waals surface area contributed by atoms with Crippen LogP contribution in [0.25, 0.3) is 0 Å². The highest BCUT2D eigenvalue weighted by Gasteiger charge is 2.12. The monoisotopic (exact) mass is 482 g/mol. The van der Waals surface area contributed by atoms with Crippen LogP contribution in [-0.2, 0) is 9.53 Å². The Bertz CT molecular complexity index is 802. The number of halogens is 1. The average Bonchev–Trinajstić information content (AvgIpc) is 2.73. The third-order valence-electron chi connectivity index (χ3n) is 4.28. The number of rotatable bonds is 11. The van der Waals surface area contributed by atoms with E-state index >= 15 is 0 Å². The average molecular weight is 483 g/mol. The van der Waals surface area contributed by atoms with Crippen molar-refractivity contribution in [1.29, 1.82) is 0 Å². The van der Waals surface area contributed by atoms with Gasteiger partial charge in [0.2, 0.25) is 0 Å². The zero-order chi connectivity index (χ0) is 21.2. The zero-order valence-corrected chi connectivity index (χ0v) is 19.6. The quantitative estimate of drug-likeness (QED) is 0.260. The molecule has 0 saturated carbocycles. The molecular weight excluding hydrogens is 456 g/mol. The van der Waals surface area contributed by atoms with Crippen LogP contribution in [0.5, 0.6) is 11.5 Å². The molecule has 2 aromatic rings. The van der Waals surface area contributed by atoms with Crippen molar-refractivity contribution in [3.63, 3.8) is 0 Å². The number of thioether (sulfide) groups is 1. The highest BCUT2D eigenvalue weighted by molar-refractivity contribution is 9.10. The second-order valence-corrected chi connectivity index (χ2v) is 8.30. The van der Waals surface area contributed by atoms with E-state index in [9.17, 15) is 4.79 Å². The van der Waals surface area contributed by atoms with Crippen molar-refractivity contribution in [3.8, 4) is 11.5 Å². The number of hydrogen-bond donors (Lipinski definition) is 0. The standard InChI is InChI=1S/C21H27BrN2O4S/c1-5-24(20-8-7-16(22)13-23-20)9-6-10-29-19-11-15(2)17(12-18(19)26-3)28-14-21(25)27-4/h7-8,11-13H,5-6,9-10,14H2,1-4H3. The number of aromatic nitrogens is 1. The molecule has 1 heterocycles. The minimum absolute atomic E-state index is 0.121. The molecule has 0 N–H and O–H groups in total. The van der Waals surface area contributed by atoms with Crippen molar-refractivity contribution >= 4 is 39.5 Å². The van der Waals surface area contributed by atoms with Gasteiger partial charge in [0.1, 0.15) is 17.3 Å². The number of methoxy groups -OCH3 is 2.